The van der Waals surface area contributed by atoms with Gasteiger partial charge in [-0.25, -0.2) is 4.99 Å². The van der Waals surface area contributed by atoms with Crippen LogP contribution in [-0.2, 0) is 11.3 Å². The van der Waals surface area contributed by atoms with E-state index in [1.165, 1.54) is 0 Å². The van der Waals surface area contributed by atoms with E-state index in [1.807, 2.05) is 24.0 Å². The molecule has 25 heavy (non-hydrogen) atoms. The van der Waals surface area contributed by atoms with Crippen molar-refractivity contribution in [1.82, 2.24) is 15.5 Å². The number of ether oxygens (including phenoxy) is 1. The summed E-state index contributed by atoms with van der Waals surface area (Å²) in [4.78, 5) is 18.2. The van der Waals surface area contributed by atoms with Crippen LogP contribution in [0.3, 0.4) is 0 Å². The summed E-state index contributed by atoms with van der Waals surface area (Å²) in [5, 5.41) is 6.60. The van der Waals surface area contributed by atoms with E-state index in [1.54, 1.807) is 7.11 Å². The molecule has 1 heterocycles. The fourth-order valence-corrected chi connectivity index (χ4v) is 2.97. The molecule has 1 aliphatic rings. The van der Waals surface area contributed by atoms with E-state index in [2.05, 4.69) is 28.6 Å². The molecule has 6 nitrogen and oxygen atoms in total. The van der Waals surface area contributed by atoms with Crippen LogP contribution in [0.25, 0.3) is 0 Å². The second-order valence-corrected chi connectivity index (χ2v) is 6.26. The van der Waals surface area contributed by atoms with Gasteiger partial charge in [0.15, 0.2) is 5.96 Å². The van der Waals surface area contributed by atoms with Crippen LogP contribution in [0.5, 0.6) is 5.75 Å². The zero-order valence-electron chi connectivity index (χ0n) is 15.6. The number of nitrogens with zero attached hydrogens (tertiary/aromatic N) is 2. The molecule has 0 atom stereocenters. The zero-order valence-corrected chi connectivity index (χ0v) is 15.6. The SMILES string of the molecule is CCNC(=NCc1ccc(OC)c(C)c1)NCCCN1CCCC1=O. The summed E-state index contributed by atoms with van der Waals surface area (Å²) in [5.74, 6) is 1.99. The summed E-state index contributed by atoms with van der Waals surface area (Å²) in [7, 11) is 1.68. The highest BCUT2D eigenvalue weighted by atomic mass is 16.5. The van der Waals surface area contributed by atoms with Crippen molar-refractivity contribution in [3.63, 3.8) is 0 Å². The Morgan fingerprint density at radius 3 is 2.84 bits per heavy atom. The van der Waals surface area contributed by atoms with Gasteiger partial charge in [-0.15, -0.1) is 0 Å². The number of likely N-dealkylation sites (tertiary alicyclic amines) is 1. The predicted octanol–water partition coefficient (Wildman–Crippen LogP) is 2.07. The minimum Gasteiger partial charge on any atom is -0.496 e. The fraction of sp³-hybridized carbons (Fsp3) is 0.579. The van der Waals surface area contributed by atoms with E-state index < -0.39 is 0 Å². The first-order valence-corrected chi connectivity index (χ1v) is 9.07. The highest BCUT2D eigenvalue weighted by Gasteiger charge is 2.18. The maximum atomic E-state index is 11.6. The number of hydrogen-bond acceptors (Lipinski definition) is 3. The Labute approximate surface area is 150 Å². The van der Waals surface area contributed by atoms with Crippen molar-refractivity contribution >= 4 is 11.9 Å². The van der Waals surface area contributed by atoms with Crippen LogP contribution < -0.4 is 15.4 Å². The monoisotopic (exact) mass is 346 g/mol. The summed E-state index contributed by atoms with van der Waals surface area (Å²) in [6.07, 6.45) is 2.63. The Balaban J connectivity index is 1.81. The molecule has 1 aromatic rings. The molecule has 0 aliphatic carbocycles. The molecule has 0 saturated carbocycles. The molecule has 0 unspecified atom stereocenters. The van der Waals surface area contributed by atoms with Crippen LogP contribution in [0.1, 0.15) is 37.3 Å². The molecule has 6 heteroatoms. The number of amides is 1. The number of guanidine groups is 1. The van der Waals surface area contributed by atoms with Crippen molar-refractivity contribution in [3.05, 3.63) is 29.3 Å². The van der Waals surface area contributed by atoms with Gasteiger partial charge in [-0.05, 0) is 43.9 Å². The Morgan fingerprint density at radius 2 is 2.20 bits per heavy atom. The third kappa shape index (κ3) is 5.96. The summed E-state index contributed by atoms with van der Waals surface area (Å²) >= 11 is 0. The quantitative estimate of drug-likeness (QED) is 0.430. The lowest BCUT2D eigenvalue weighted by Gasteiger charge is -2.16. The lowest BCUT2D eigenvalue weighted by molar-refractivity contribution is -0.127. The number of methoxy groups -OCH3 is 1. The van der Waals surface area contributed by atoms with Crippen molar-refractivity contribution in [2.75, 3.05) is 33.3 Å². The third-order valence-corrected chi connectivity index (χ3v) is 4.29. The number of hydrogen-bond donors (Lipinski definition) is 2. The highest BCUT2D eigenvalue weighted by Crippen LogP contribution is 2.18. The van der Waals surface area contributed by atoms with Crippen molar-refractivity contribution in [2.24, 2.45) is 4.99 Å². The first-order chi connectivity index (χ1) is 12.1. The van der Waals surface area contributed by atoms with Gasteiger partial charge in [0.05, 0.1) is 13.7 Å². The molecule has 1 fully saturated rings. The number of carbonyl (C=O) groups excluding carboxylic acids is 1. The standard InChI is InChI=1S/C19H30N4O2/c1-4-20-19(21-10-6-12-23-11-5-7-18(23)24)22-14-16-8-9-17(25-3)15(2)13-16/h8-9,13H,4-7,10-12,14H2,1-3H3,(H2,20,21,22). The molecule has 0 aromatic heterocycles. The predicted molar refractivity (Wildman–Crippen MR) is 101 cm³/mol. The van der Waals surface area contributed by atoms with Crippen LogP contribution >= 0.6 is 0 Å². The Kier molecular flexibility index (Phi) is 7.57. The summed E-state index contributed by atoms with van der Waals surface area (Å²) in [6.45, 7) is 8.06. The molecule has 0 bridgehead atoms. The van der Waals surface area contributed by atoms with E-state index in [9.17, 15) is 4.79 Å². The largest absolute Gasteiger partial charge is 0.496 e. The summed E-state index contributed by atoms with van der Waals surface area (Å²) < 4.78 is 5.29. The summed E-state index contributed by atoms with van der Waals surface area (Å²) in [5.41, 5.74) is 2.27. The number of aryl methyl sites for hydroxylation is 1. The van der Waals surface area contributed by atoms with Gasteiger partial charge in [-0.1, -0.05) is 12.1 Å². The van der Waals surface area contributed by atoms with Gasteiger partial charge in [0.2, 0.25) is 5.91 Å². The van der Waals surface area contributed by atoms with Gasteiger partial charge in [0.1, 0.15) is 5.75 Å². The molecule has 138 valence electrons. The minimum absolute atomic E-state index is 0.287. The lowest BCUT2D eigenvalue weighted by atomic mass is 10.1. The molecule has 1 aromatic carbocycles. The molecule has 1 aliphatic heterocycles. The molecule has 2 N–H and O–H groups in total. The van der Waals surface area contributed by atoms with Crippen molar-refractivity contribution in [3.8, 4) is 5.75 Å². The Morgan fingerprint density at radius 1 is 1.36 bits per heavy atom. The zero-order chi connectivity index (χ0) is 18.1. The van der Waals surface area contributed by atoms with E-state index in [4.69, 9.17) is 4.74 Å². The number of nitrogens with one attached hydrogen (secondary N) is 2. The maximum absolute atomic E-state index is 11.6. The van der Waals surface area contributed by atoms with Gasteiger partial charge < -0.3 is 20.3 Å². The molecule has 1 amide bonds. The first-order valence-electron chi connectivity index (χ1n) is 9.07. The Bertz CT molecular complexity index is 601. The minimum atomic E-state index is 0.287. The van der Waals surface area contributed by atoms with Crippen LogP contribution in [0, 0.1) is 6.92 Å². The van der Waals surface area contributed by atoms with Crippen LogP contribution in [-0.4, -0.2) is 50.1 Å². The average molecular weight is 346 g/mol. The van der Waals surface area contributed by atoms with Gasteiger partial charge in [0, 0.05) is 32.6 Å². The van der Waals surface area contributed by atoms with E-state index >= 15 is 0 Å². The second-order valence-electron chi connectivity index (χ2n) is 6.26. The number of carbonyl (C=O) groups is 1. The molecule has 0 spiro atoms. The average Bonchev–Trinajstić information content (AvgIpc) is 3.01. The molecule has 0 radical (unpaired) electrons. The fourth-order valence-electron chi connectivity index (χ4n) is 2.97. The molecular weight excluding hydrogens is 316 g/mol. The van der Waals surface area contributed by atoms with Crippen LogP contribution in [0.2, 0.25) is 0 Å². The third-order valence-electron chi connectivity index (χ3n) is 4.29. The molecule has 1 saturated heterocycles. The van der Waals surface area contributed by atoms with Gasteiger partial charge in [-0.2, -0.15) is 0 Å². The smallest absolute Gasteiger partial charge is 0.222 e. The number of rotatable bonds is 8. The topological polar surface area (TPSA) is 66.0 Å². The molecule has 2 rings (SSSR count). The van der Waals surface area contributed by atoms with Crippen LogP contribution in [0.15, 0.2) is 23.2 Å². The van der Waals surface area contributed by atoms with Crippen molar-refractivity contribution in [2.45, 2.75) is 39.7 Å². The summed E-state index contributed by atoms with van der Waals surface area (Å²) in [6, 6.07) is 6.12. The van der Waals surface area contributed by atoms with E-state index in [0.717, 1.165) is 61.9 Å². The second kappa shape index (κ2) is 9.91. The first kappa shape index (κ1) is 19.1. The van der Waals surface area contributed by atoms with Gasteiger partial charge >= 0.3 is 0 Å². The van der Waals surface area contributed by atoms with E-state index in [-0.39, 0.29) is 5.91 Å². The van der Waals surface area contributed by atoms with Gasteiger partial charge in [0.25, 0.3) is 0 Å². The van der Waals surface area contributed by atoms with Crippen LogP contribution in [0.4, 0.5) is 0 Å². The number of aliphatic imine (C=N–C) groups is 1. The number of benzene rings is 1. The van der Waals surface area contributed by atoms with E-state index in [0.29, 0.717) is 13.0 Å². The Hall–Kier alpha value is -2.24. The normalized spacial score (nSPS) is 14.8. The highest BCUT2D eigenvalue weighted by molar-refractivity contribution is 5.79. The van der Waals surface area contributed by atoms with Crippen molar-refractivity contribution < 1.29 is 9.53 Å². The van der Waals surface area contributed by atoms with Crippen molar-refractivity contribution in [1.29, 1.82) is 0 Å². The lowest BCUT2D eigenvalue weighted by Crippen LogP contribution is -2.39. The maximum Gasteiger partial charge on any atom is 0.222 e. The molecular formula is C19H30N4O2. The van der Waals surface area contributed by atoms with Gasteiger partial charge in [-0.3, -0.25) is 4.79 Å².